The number of rotatable bonds is 5. The second-order valence-corrected chi connectivity index (χ2v) is 8.31. The number of thiophene rings is 1. The molecule has 2 aromatic rings. The summed E-state index contributed by atoms with van der Waals surface area (Å²) in [5, 5.41) is 0. The predicted molar refractivity (Wildman–Crippen MR) is 106 cm³/mol. The molecule has 1 atom stereocenters. The van der Waals surface area contributed by atoms with Gasteiger partial charge in [-0.25, -0.2) is 0 Å². The van der Waals surface area contributed by atoms with Gasteiger partial charge in [0.1, 0.15) is 0 Å². The lowest BCUT2D eigenvalue weighted by Gasteiger charge is -2.32. The van der Waals surface area contributed by atoms with E-state index in [-0.39, 0.29) is 23.4 Å². The molecule has 0 N–H and O–H groups in total. The van der Waals surface area contributed by atoms with Gasteiger partial charge in [-0.3, -0.25) is 14.4 Å². The molecule has 0 aliphatic carbocycles. The molecular formula is C20H21NO3S2. The number of hydrogen-bond acceptors (Lipinski definition) is 5. The number of likely N-dealkylation sites (tertiary alicyclic amines) is 1. The van der Waals surface area contributed by atoms with Gasteiger partial charge in [-0.2, -0.15) is 0 Å². The Morgan fingerprint density at radius 1 is 1.12 bits per heavy atom. The van der Waals surface area contributed by atoms with Crippen LogP contribution in [0.15, 0.2) is 41.3 Å². The average molecular weight is 388 g/mol. The fourth-order valence-corrected chi connectivity index (χ4v) is 4.71. The van der Waals surface area contributed by atoms with Gasteiger partial charge >= 0.3 is 0 Å². The van der Waals surface area contributed by atoms with Crippen molar-refractivity contribution in [3.8, 4) is 0 Å². The van der Waals surface area contributed by atoms with E-state index in [1.165, 1.54) is 18.3 Å². The lowest BCUT2D eigenvalue weighted by Crippen LogP contribution is -2.42. The van der Waals surface area contributed by atoms with E-state index in [0.717, 1.165) is 23.3 Å². The number of ketones is 2. The van der Waals surface area contributed by atoms with Crippen LogP contribution in [-0.4, -0.2) is 41.7 Å². The normalized spacial score (nSPS) is 17.2. The Kier molecular flexibility index (Phi) is 5.94. The largest absolute Gasteiger partial charge is 0.337 e. The first-order valence-electron chi connectivity index (χ1n) is 8.58. The van der Waals surface area contributed by atoms with E-state index in [4.69, 9.17) is 0 Å². The minimum atomic E-state index is -0.173. The molecule has 1 aromatic carbocycles. The van der Waals surface area contributed by atoms with Gasteiger partial charge in [-0.15, -0.1) is 23.1 Å². The maximum absolute atomic E-state index is 13.0. The maximum Gasteiger partial charge on any atom is 0.263 e. The summed E-state index contributed by atoms with van der Waals surface area (Å²) in [5.74, 6) is -0.177. The van der Waals surface area contributed by atoms with Crippen LogP contribution in [0.1, 0.15) is 49.5 Å². The SMILES string of the molecule is CSc1ccccc1C(=O)C1CCCN(C(=O)c2ccc(C(C)=O)s2)C1. The minimum Gasteiger partial charge on any atom is -0.337 e. The van der Waals surface area contributed by atoms with Crippen LogP contribution in [0.5, 0.6) is 0 Å². The minimum absolute atomic E-state index is 0.0329. The highest BCUT2D eigenvalue weighted by atomic mass is 32.2. The van der Waals surface area contributed by atoms with Gasteiger partial charge in [0.15, 0.2) is 11.6 Å². The third-order valence-corrected chi connectivity index (χ3v) is 6.59. The highest BCUT2D eigenvalue weighted by Gasteiger charge is 2.30. The quantitative estimate of drug-likeness (QED) is 0.563. The van der Waals surface area contributed by atoms with Gasteiger partial charge in [-0.05, 0) is 44.2 Å². The van der Waals surface area contributed by atoms with E-state index >= 15 is 0 Å². The van der Waals surface area contributed by atoms with Gasteiger partial charge in [0.2, 0.25) is 0 Å². The van der Waals surface area contributed by atoms with Crippen molar-refractivity contribution in [2.24, 2.45) is 5.92 Å². The van der Waals surface area contributed by atoms with Crippen molar-refractivity contribution in [2.45, 2.75) is 24.7 Å². The molecule has 1 aromatic heterocycles. The lowest BCUT2D eigenvalue weighted by atomic mass is 9.90. The van der Waals surface area contributed by atoms with E-state index in [2.05, 4.69) is 0 Å². The molecule has 1 aliphatic rings. The summed E-state index contributed by atoms with van der Waals surface area (Å²) < 4.78 is 0. The molecule has 2 heterocycles. The van der Waals surface area contributed by atoms with Crippen molar-refractivity contribution in [1.29, 1.82) is 0 Å². The summed E-state index contributed by atoms with van der Waals surface area (Å²) in [7, 11) is 0. The first-order chi connectivity index (χ1) is 12.5. The molecule has 4 nitrogen and oxygen atoms in total. The van der Waals surface area contributed by atoms with Crippen molar-refractivity contribution in [3.05, 3.63) is 51.7 Å². The standard InChI is InChI=1S/C20H21NO3S2/c1-13(22)16-9-10-18(26-16)20(24)21-11-5-6-14(12-21)19(23)15-7-3-4-8-17(15)25-2/h3-4,7-10,14H,5-6,11-12H2,1-2H3. The highest BCUT2D eigenvalue weighted by Crippen LogP contribution is 2.28. The molecule has 0 spiro atoms. The Hall–Kier alpha value is -1.92. The van der Waals surface area contributed by atoms with Gasteiger partial charge in [0.05, 0.1) is 9.75 Å². The fraction of sp³-hybridized carbons (Fsp3) is 0.350. The van der Waals surface area contributed by atoms with Crippen LogP contribution in [0.25, 0.3) is 0 Å². The highest BCUT2D eigenvalue weighted by molar-refractivity contribution is 7.98. The molecule has 1 aliphatic heterocycles. The number of benzene rings is 1. The van der Waals surface area contributed by atoms with Gasteiger partial charge in [-0.1, -0.05) is 18.2 Å². The van der Waals surface area contributed by atoms with Crippen molar-refractivity contribution in [2.75, 3.05) is 19.3 Å². The van der Waals surface area contributed by atoms with Crippen LogP contribution in [0.4, 0.5) is 0 Å². The molecule has 3 rings (SSSR count). The van der Waals surface area contributed by atoms with Crippen LogP contribution < -0.4 is 0 Å². The summed E-state index contributed by atoms with van der Waals surface area (Å²) in [4.78, 5) is 41.1. The van der Waals surface area contributed by atoms with Crippen LogP contribution in [0.3, 0.4) is 0 Å². The molecule has 6 heteroatoms. The van der Waals surface area contributed by atoms with E-state index in [0.29, 0.717) is 22.8 Å². The second-order valence-electron chi connectivity index (χ2n) is 6.37. The van der Waals surface area contributed by atoms with E-state index in [1.54, 1.807) is 28.8 Å². The molecule has 0 bridgehead atoms. The number of carbonyl (C=O) groups is 3. The Balaban J connectivity index is 1.75. The Morgan fingerprint density at radius 2 is 1.85 bits per heavy atom. The van der Waals surface area contributed by atoms with E-state index in [9.17, 15) is 14.4 Å². The third kappa shape index (κ3) is 3.91. The molecule has 0 saturated carbocycles. The number of carbonyl (C=O) groups excluding carboxylic acids is 3. The zero-order valence-electron chi connectivity index (χ0n) is 14.9. The van der Waals surface area contributed by atoms with Crippen LogP contribution in [0, 0.1) is 5.92 Å². The number of Topliss-reactive ketones (excluding diaryl/α,β-unsaturated/α-hetero) is 2. The molecular weight excluding hydrogens is 366 g/mol. The number of amides is 1. The first kappa shape index (κ1) is 18.9. The zero-order chi connectivity index (χ0) is 18.7. The Bertz CT molecular complexity index is 843. The van der Waals surface area contributed by atoms with Crippen molar-refractivity contribution in [3.63, 3.8) is 0 Å². The first-order valence-corrected chi connectivity index (χ1v) is 10.6. The summed E-state index contributed by atoms with van der Waals surface area (Å²) >= 11 is 2.79. The summed E-state index contributed by atoms with van der Waals surface area (Å²) in [6, 6.07) is 11.0. The summed E-state index contributed by atoms with van der Waals surface area (Å²) in [6.45, 7) is 2.59. The number of nitrogens with zero attached hydrogens (tertiary/aromatic N) is 1. The molecule has 136 valence electrons. The fourth-order valence-electron chi connectivity index (χ4n) is 3.24. The molecule has 1 saturated heterocycles. The van der Waals surface area contributed by atoms with Gasteiger partial charge in [0, 0.05) is 29.5 Å². The maximum atomic E-state index is 13.0. The van der Waals surface area contributed by atoms with E-state index in [1.807, 2.05) is 30.5 Å². The van der Waals surface area contributed by atoms with Crippen LogP contribution in [0.2, 0.25) is 0 Å². The van der Waals surface area contributed by atoms with Crippen LogP contribution in [-0.2, 0) is 0 Å². The van der Waals surface area contributed by atoms with Crippen LogP contribution >= 0.6 is 23.1 Å². The Morgan fingerprint density at radius 3 is 2.54 bits per heavy atom. The lowest BCUT2D eigenvalue weighted by molar-refractivity contribution is 0.0640. The number of hydrogen-bond donors (Lipinski definition) is 0. The van der Waals surface area contributed by atoms with E-state index < -0.39 is 0 Å². The zero-order valence-corrected chi connectivity index (χ0v) is 16.5. The summed E-state index contributed by atoms with van der Waals surface area (Å²) in [5.41, 5.74) is 0.745. The smallest absolute Gasteiger partial charge is 0.263 e. The van der Waals surface area contributed by atoms with Crippen molar-refractivity contribution in [1.82, 2.24) is 4.90 Å². The number of thioether (sulfide) groups is 1. The van der Waals surface area contributed by atoms with Crippen molar-refractivity contribution >= 4 is 40.6 Å². The molecule has 0 radical (unpaired) electrons. The molecule has 26 heavy (non-hydrogen) atoms. The predicted octanol–water partition coefficient (Wildman–Crippen LogP) is 4.41. The topological polar surface area (TPSA) is 54.5 Å². The Labute approximate surface area is 161 Å². The molecule has 1 amide bonds. The monoisotopic (exact) mass is 387 g/mol. The third-order valence-electron chi connectivity index (χ3n) is 4.62. The molecule has 1 fully saturated rings. The van der Waals surface area contributed by atoms with Gasteiger partial charge < -0.3 is 4.90 Å². The van der Waals surface area contributed by atoms with Crippen molar-refractivity contribution < 1.29 is 14.4 Å². The number of piperidine rings is 1. The molecule has 1 unspecified atom stereocenters. The summed E-state index contributed by atoms with van der Waals surface area (Å²) in [6.07, 6.45) is 3.58. The second kappa shape index (κ2) is 8.18. The van der Waals surface area contributed by atoms with Gasteiger partial charge in [0.25, 0.3) is 5.91 Å². The average Bonchev–Trinajstić information content (AvgIpc) is 3.17.